The summed E-state index contributed by atoms with van der Waals surface area (Å²) < 4.78 is 26.7. The predicted molar refractivity (Wildman–Crippen MR) is 112 cm³/mol. The van der Waals surface area contributed by atoms with Crippen molar-refractivity contribution in [3.8, 4) is 17.2 Å². The second kappa shape index (κ2) is 11.3. The van der Waals surface area contributed by atoms with E-state index in [1.807, 2.05) is 0 Å². The molecule has 0 saturated carbocycles. The SMILES string of the molecule is COc1cc(O)c(C(C)=O)c(O[C@@H]2O[C@@H](CO[C@@H]3O[C@@H](CO)[C@@H](O)[C@@H](O)[C@H]3O)[C@@H](O)[C@@H](O)[C@@H]2O)c1. The van der Waals surface area contributed by atoms with E-state index in [-0.39, 0.29) is 17.1 Å². The van der Waals surface area contributed by atoms with Crippen molar-refractivity contribution in [2.45, 2.75) is 68.3 Å². The molecule has 2 fully saturated rings. The third-order valence-corrected chi connectivity index (χ3v) is 5.83. The van der Waals surface area contributed by atoms with Crippen molar-refractivity contribution in [3.63, 3.8) is 0 Å². The highest BCUT2D eigenvalue weighted by Gasteiger charge is 2.48. The highest BCUT2D eigenvalue weighted by atomic mass is 16.7. The zero-order valence-corrected chi connectivity index (χ0v) is 18.9. The first kappa shape index (κ1) is 27.5. The van der Waals surface area contributed by atoms with E-state index in [1.165, 1.54) is 26.2 Å². The molecule has 35 heavy (non-hydrogen) atoms. The molecular weight excluding hydrogens is 476 g/mol. The van der Waals surface area contributed by atoms with Crippen LogP contribution in [0.5, 0.6) is 17.2 Å². The van der Waals surface area contributed by atoms with Gasteiger partial charge in [-0.15, -0.1) is 0 Å². The Bertz CT molecular complexity index is 878. The molecule has 0 amide bonds. The third kappa shape index (κ3) is 5.67. The summed E-state index contributed by atoms with van der Waals surface area (Å²) >= 11 is 0. The molecule has 8 N–H and O–H groups in total. The molecule has 3 rings (SSSR count). The summed E-state index contributed by atoms with van der Waals surface area (Å²) in [5.41, 5.74) is -0.240. The number of phenols is 1. The summed E-state index contributed by atoms with van der Waals surface area (Å²) in [5.74, 6) is -1.14. The van der Waals surface area contributed by atoms with Gasteiger partial charge in [-0.25, -0.2) is 0 Å². The molecule has 10 atom stereocenters. The molecule has 1 aromatic carbocycles. The molecule has 2 heterocycles. The van der Waals surface area contributed by atoms with Crippen molar-refractivity contribution in [2.24, 2.45) is 0 Å². The van der Waals surface area contributed by atoms with E-state index in [0.29, 0.717) is 0 Å². The molecule has 0 spiro atoms. The maximum absolute atomic E-state index is 12.0. The summed E-state index contributed by atoms with van der Waals surface area (Å²) in [4.78, 5) is 12.0. The van der Waals surface area contributed by atoms with Crippen LogP contribution in [0.1, 0.15) is 17.3 Å². The maximum Gasteiger partial charge on any atom is 0.229 e. The minimum absolute atomic E-state index is 0.121. The monoisotopic (exact) mass is 506 g/mol. The van der Waals surface area contributed by atoms with Gasteiger partial charge in [-0.05, 0) is 6.92 Å². The Morgan fingerprint density at radius 1 is 0.886 bits per heavy atom. The number of aliphatic hydroxyl groups excluding tert-OH is 7. The third-order valence-electron chi connectivity index (χ3n) is 5.83. The molecule has 0 bridgehead atoms. The Morgan fingerprint density at radius 3 is 2.03 bits per heavy atom. The van der Waals surface area contributed by atoms with Crippen LogP contribution < -0.4 is 9.47 Å². The summed E-state index contributed by atoms with van der Waals surface area (Å²) in [6.07, 6.45) is -16.1. The fourth-order valence-corrected chi connectivity index (χ4v) is 3.81. The number of Topliss-reactive ketones (excluding diaryl/α,β-unsaturated/α-hetero) is 1. The average molecular weight is 506 g/mol. The van der Waals surface area contributed by atoms with Gasteiger partial charge in [0.2, 0.25) is 6.29 Å². The van der Waals surface area contributed by atoms with Crippen LogP contribution in [0.25, 0.3) is 0 Å². The lowest BCUT2D eigenvalue weighted by atomic mass is 9.98. The number of ether oxygens (including phenoxy) is 5. The fourth-order valence-electron chi connectivity index (χ4n) is 3.81. The van der Waals surface area contributed by atoms with Crippen molar-refractivity contribution in [3.05, 3.63) is 17.7 Å². The van der Waals surface area contributed by atoms with Crippen LogP contribution in [0.3, 0.4) is 0 Å². The maximum atomic E-state index is 12.0. The van der Waals surface area contributed by atoms with Crippen molar-refractivity contribution in [1.29, 1.82) is 0 Å². The average Bonchev–Trinajstić information content (AvgIpc) is 2.82. The Morgan fingerprint density at radius 2 is 1.46 bits per heavy atom. The summed E-state index contributed by atoms with van der Waals surface area (Å²) in [6.45, 7) is -0.0707. The number of hydrogen-bond acceptors (Lipinski definition) is 14. The molecule has 14 heteroatoms. The number of ketones is 1. The molecule has 198 valence electrons. The lowest BCUT2D eigenvalue weighted by Crippen LogP contribution is -2.62. The van der Waals surface area contributed by atoms with Gasteiger partial charge in [0.25, 0.3) is 0 Å². The number of benzene rings is 1. The van der Waals surface area contributed by atoms with Gasteiger partial charge in [-0.1, -0.05) is 0 Å². The topological polar surface area (TPSA) is 225 Å². The normalized spacial score (nSPS) is 37.6. The van der Waals surface area contributed by atoms with Crippen molar-refractivity contribution < 1.29 is 69.3 Å². The second-order valence-corrected chi connectivity index (χ2v) is 8.24. The van der Waals surface area contributed by atoms with E-state index < -0.39 is 86.2 Å². The highest BCUT2D eigenvalue weighted by molar-refractivity contribution is 5.99. The van der Waals surface area contributed by atoms with E-state index in [0.717, 1.165) is 0 Å². The molecule has 14 nitrogen and oxygen atoms in total. The van der Waals surface area contributed by atoms with Gasteiger partial charge < -0.3 is 64.5 Å². The predicted octanol–water partition coefficient (Wildman–Crippen LogP) is -3.39. The minimum Gasteiger partial charge on any atom is -0.507 e. The molecular formula is C21H30O14. The Kier molecular flexibility index (Phi) is 8.87. The Hall–Kier alpha value is -2.11. The number of phenolic OH excluding ortho intramolecular Hbond substituents is 1. The van der Waals surface area contributed by atoms with Crippen LogP contribution >= 0.6 is 0 Å². The number of methoxy groups -OCH3 is 1. The first-order valence-corrected chi connectivity index (χ1v) is 10.7. The van der Waals surface area contributed by atoms with Crippen molar-refractivity contribution >= 4 is 5.78 Å². The zero-order chi connectivity index (χ0) is 26.0. The molecule has 2 aliphatic rings. The molecule has 0 aliphatic carbocycles. The van der Waals surface area contributed by atoms with Gasteiger partial charge in [-0.3, -0.25) is 4.79 Å². The number of carbonyl (C=O) groups excluding carboxylic acids is 1. The van der Waals surface area contributed by atoms with E-state index in [2.05, 4.69) is 0 Å². The molecule has 0 unspecified atom stereocenters. The molecule has 2 aliphatic heterocycles. The summed E-state index contributed by atoms with van der Waals surface area (Å²) in [6, 6.07) is 2.43. The number of hydrogen-bond donors (Lipinski definition) is 8. The zero-order valence-electron chi connectivity index (χ0n) is 18.9. The van der Waals surface area contributed by atoms with Crippen LogP contribution in [0.4, 0.5) is 0 Å². The van der Waals surface area contributed by atoms with Gasteiger partial charge in [-0.2, -0.15) is 0 Å². The van der Waals surface area contributed by atoms with Crippen LogP contribution in [-0.4, -0.2) is 128 Å². The highest BCUT2D eigenvalue weighted by Crippen LogP contribution is 2.36. The van der Waals surface area contributed by atoms with Gasteiger partial charge in [0.05, 0.1) is 20.3 Å². The van der Waals surface area contributed by atoms with Crippen LogP contribution in [-0.2, 0) is 14.2 Å². The summed E-state index contributed by atoms with van der Waals surface area (Å²) in [7, 11) is 1.31. The van der Waals surface area contributed by atoms with Crippen LogP contribution in [0.2, 0.25) is 0 Å². The quantitative estimate of drug-likeness (QED) is 0.161. The van der Waals surface area contributed by atoms with Crippen LogP contribution in [0.15, 0.2) is 12.1 Å². The van der Waals surface area contributed by atoms with Gasteiger partial charge in [0.1, 0.15) is 71.6 Å². The van der Waals surface area contributed by atoms with E-state index >= 15 is 0 Å². The number of aliphatic hydroxyl groups is 7. The Labute approximate surface area is 199 Å². The molecule has 1 aromatic rings. The van der Waals surface area contributed by atoms with E-state index in [9.17, 15) is 45.6 Å². The summed E-state index contributed by atoms with van der Waals surface area (Å²) in [5, 5.41) is 80.2. The lowest BCUT2D eigenvalue weighted by Gasteiger charge is -2.42. The van der Waals surface area contributed by atoms with Gasteiger partial charge >= 0.3 is 0 Å². The largest absolute Gasteiger partial charge is 0.507 e. The lowest BCUT2D eigenvalue weighted by molar-refractivity contribution is -0.323. The minimum atomic E-state index is -1.79. The van der Waals surface area contributed by atoms with Crippen LogP contribution in [0, 0.1) is 0 Å². The first-order chi connectivity index (χ1) is 16.5. The number of aromatic hydroxyl groups is 1. The number of rotatable bonds is 8. The molecule has 0 radical (unpaired) electrons. The van der Waals surface area contributed by atoms with Crippen molar-refractivity contribution in [2.75, 3.05) is 20.3 Å². The smallest absolute Gasteiger partial charge is 0.229 e. The standard InChI is InChI=1S/C21H30O14/c1-7(23)13-9(24)3-8(31-2)4-10(13)33-21-19(30)17(28)15(26)12(35-21)6-32-20-18(29)16(27)14(25)11(5-22)34-20/h3-4,11-12,14-22,24-30H,5-6H2,1-2H3/t11-,12-,14+,15+,16+,17+,18+,19-,20+,21+/m0/s1. The van der Waals surface area contributed by atoms with Crippen molar-refractivity contribution in [1.82, 2.24) is 0 Å². The first-order valence-electron chi connectivity index (χ1n) is 10.7. The van der Waals surface area contributed by atoms with Gasteiger partial charge in [0, 0.05) is 12.1 Å². The fraction of sp³-hybridized carbons (Fsp3) is 0.667. The van der Waals surface area contributed by atoms with Gasteiger partial charge in [0.15, 0.2) is 12.1 Å². The second-order valence-electron chi connectivity index (χ2n) is 8.24. The van der Waals surface area contributed by atoms with E-state index in [4.69, 9.17) is 23.7 Å². The Balaban J connectivity index is 1.76. The number of carbonyl (C=O) groups is 1. The van der Waals surface area contributed by atoms with E-state index in [1.54, 1.807) is 0 Å². The molecule has 0 aromatic heterocycles. The molecule has 2 saturated heterocycles.